The standard InChI is InChI=1S/C54H52N3O.Pt/c1-52(2,3)40-24-22-35(23-25-40)37-28-29-55-47(33-37)39-30-38(31-41(32-39)53(4,5)6)44-19-15-20-48-50(44)56-51(45-18-13-14-21-49(45)58)57(48)42-26-27-43(36-16-11-10-12-17-36)46(34-42)54(7,8)9;/h10-29,31-34,58H,1-9H3;/q-1;/i1D3,2D3,3D3;. The number of benzene rings is 6. The summed E-state index contributed by atoms with van der Waals surface area (Å²) in [5, 5.41) is 11.3. The molecule has 0 saturated heterocycles. The van der Waals surface area contributed by atoms with Gasteiger partial charge in [-0.1, -0.05) is 164 Å². The maximum Gasteiger partial charge on any atom is 0.148 e. The predicted molar refractivity (Wildman–Crippen MR) is 243 cm³/mol. The minimum Gasteiger partial charge on any atom is -0.507 e. The number of aromatic hydroxyl groups is 1. The molecule has 8 rings (SSSR count). The Morgan fingerprint density at radius 1 is 0.576 bits per heavy atom. The van der Waals surface area contributed by atoms with Crippen LogP contribution in [0.15, 0.2) is 146 Å². The summed E-state index contributed by atoms with van der Waals surface area (Å²) >= 11 is 0. The van der Waals surface area contributed by atoms with Gasteiger partial charge in [0.05, 0.1) is 16.6 Å². The van der Waals surface area contributed by atoms with Crippen LogP contribution in [0.2, 0.25) is 0 Å². The monoisotopic (exact) mass is 962 g/mol. The first-order valence-corrected chi connectivity index (χ1v) is 19.5. The second kappa shape index (κ2) is 15.9. The maximum absolute atomic E-state index is 11.3. The van der Waals surface area contributed by atoms with E-state index in [1.54, 1.807) is 36.5 Å². The fourth-order valence-electron chi connectivity index (χ4n) is 7.54. The number of fused-ring (bicyclic) bond motifs is 1. The summed E-state index contributed by atoms with van der Waals surface area (Å²) in [6.45, 7) is 2.94. The number of nitrogens with zero attached hydrogens (tertiary/aromatic N) is 3. The summed E-state index contributed by atoms with van der Waals surface area (Å²) in [6, 6.07) is 47.3. The van der Waals surface area contributed by atoms with Crippen molar-refractivity contribution in [3.8, 4) is 67.5 Å². The first kappa shape index (κ1) is 31.4. The van der Waals surface area contributed by atoms with E-state index in [2.05, 4.69) is 94.6 Å². The molecule has 0 bridgehead atoms. The molecular formula is C54H52N3OPt-. The summed E-state index contributed by atoms with van der Waals surface area (Å²) in [7, 11) is 0. The Morgan fingerprint density at radius 2 is 1.27 bits per heavy atom. The molecule has 0 fully saturated rings. The van der Waals surface area contributed by atoms with Crippen molar-refractivity contribution in [3.05, 3.63) is 168 Å². The van der Waals surface area contributed by atoms with Crippen molar-refractivity contribution in [2.24, 2.45) is 0 Å². The zero-order valence-electron chi connectivity index (χ0n) is 43.0. The van der Waals surface area contributed by atoms with Gasteiger partial charge in [-0.2, -0.15) is 0 Å². The van der Waals surface area contributed by atoms with Crippen LogP contribution >= 0.6 is 0 Å². The predicted octanol–water partition coefficient (Wildman–Crippen LogP) is 14.2. The SMILES string of the molecule is [2H]C([2H])([2H])C(c1ccc(-c2ccnc(-c3[c-]c(-c4cccc5c4nc(-c4ccccc4O)n5-c4ccc(-c5ccccc5)c(C(C)(C)C)c4)cc(C(C)(C)C)c3)c2)cc1)(C([2H])([2H])[2H])C([2H])([2H])[2H].[Pt]. The molecule has 6 aromatic carbocycles. The van der Waals surface area contributed by atoms with Crippen LogP contribution in [0.25, 0.3) is 72.7 Å². The number of phenols is 1. The number of para-hydroxylation sites is 2. The van der Waals surface area contributed by atoms with Crippen molar-refractivity contribution in [1.29, 1.82) is 0 Å². The molecule has 2 heterocycles. The number of rotatable bonds is 6. The third kappa shape index (κ3) is 8.34. The Balaban J connectivity index is 0.00000684. The molecule has 0 atom stereocenters. The summed E-state index contributed by atoms with van der Waals surface area (Å²) < 4.78 is 75.5. The minimum absolute atomic E-state index is 0. The number of aromatic nitrogens is 3. The van der Waals surface area contributed by atoms with Crippen LogP contribution in [-0.2, 0) is 37.3 Å². The van der Waals surface area contributed by atoms with Gasteiger partial charge in [-0.25, -0.2) is 4.98 Å². The summed E-state index contributed by atoms with van der Waals surface area (Å²) in [6.07, 6.45) is 1.66. The van der Waals surface area contributed by atoms with Crippen LogP contribution in [0.5, 0.6) is 5.75 Å². The molecular weight excluding hydrogens is 902 g/mol. The van der Waals surface area contributed by atoms with Gasteiger partial charge in [-0.3, -0.25) is 9.55 Å². The summed E-state index contributed by atoms with van der Waals surface area (Å²) in [5.74, 6) is 0.683. The number of imidazole rings is 1. The summed E-state index contributed by atoms with van der Waals surface area (Å²) in [4.78, 5) is 10.1. The van der Waals surface area contributed by atoms with E-state index in [-0.39, 0.29) is 43.2 Å². The molecule has 0 saturated carbocycles. The molecule has 0 radical (unpaired) electrons. The van der Waals surface area contributed by atoms with Gasteiger partial charge in [0.2, 0.25) is 0 Å². The average molecular weight is 963 g/mol. The van der Waals surface area contributed by atoms with E-state index >= 15 is 0 Å². The Morgan fingerprint density at radius 3 is 1.97 bits per heavy atom. The molecule has 0 amide bonds. The molecule has 0 unspecified atom stereocenters. The van der Waals surface area contributed by atoms with E-state index in [4.69, 9.17) is 22.3 Å². The van der Waals surface area contributed by atoms with Crippen LogP contribution in [0.1, 0.15) is 91.1 Å². The van der Waals surface area contributed by atoms with Gasteiger partial charge in [0.25, 0.3) is 0 Å². The van der Waals surface area contributed by atoms with E-state index in [9.17, 15) is 5.11 Å². The zero-order chi connectivity index (χ0) is 48.5. The third-order valence-electron chi connectivity index (χ3n) is 10.7. The molecule has 1 N–H and O–H groups in total. The number of phenolic OH excluding ortho intramolecular Hbond substituents is 1. The third-order valence-corrected chi connectivity index (χ3v) is 10.7. The van der Waals surface area contributed by atoms with Gasteiger partial charge in [0.15, 0.2) is 0 Å². The molecule has 0 spiro atoms. The molecule has 4 nitrogen and oxygen atoms in total. The van der Waals surface area contributed by atoms with Gasteiger partial charge in [0, 0.05) is 51.0 Å². The molecule has 5 heteroatoms. The van der Waals surface area contributed by atoms with Gasteiger partial charge in [-0.05, 0) is 86.0 Å². The van der Waals surface area contributed by atoms with Crippen molar-refractivity contribution in [3.63, 3.8) is 0 Å². The van der Waals surface area contributed by atoms with E-state index in [1.807, 2.05) is 54.6 Å². The topological polar surface area (TPSA) is 50.9 Å². The molecule has 59 heavy (non-hydrogen) atoms. The second-order valence-corrected chi connectivity index (χ2v) is 17.0. The van der Waals surface area contributed by atoms with Gasteiger partial charge < -0.3 is 5.11 Å². The van der Waals surface area contributed by atoms with E-state index < -0.39 is 26.0 Å². The van der Waals surface area contributed by atoms with Gasteiger partial charge in [0.1, 0.15) is 11.6 Å². The first-order valence-electron chi connectivity index (χ1n) is 24.0. The average Bonchev–Trinajstić information content (AvgIpc) is 3.64. The normalized spacial score (nSPS) is 15.0. The van der Waals surface area contributed by atoms with Crippen molar-refractivity contribution in [2.45, 2.75) is 78.3 Å². The fraction of sp³-hybridized carbons (Fsp3) is 0.222. The fourth-order valence-corrected chi connectivity index (χ4v) is 7.54. The Labute approximate surface area is 377 Å². The van der Waals surface area contributed by atoms with Gasteiger partial charge in [-0.15, -0.1) is 29.3 Å². The Hall–Kier alpha value is -5.57. The smallest absolute Gasteiger partial charge is 0.148 e. The van der Waals surface area contributed by atoms with Crippen LogP contribution in [0.3, 0.4) is 0 Å². The Bertz CT molecular complexity index is 3090. The number of hydrogen-bond acceptors (Lipinski definition) is 3. The summed E-state index contributed by atoms with van der Waals surface area (Å²) in [5.41, 5.74) is 7.73. The molecule has 300 valence electrons. The molecule has 0 aliphatic carbocycles. The quantitative estimate of drug-likeness (QED) is 0.169. The van der Waals surface area contributed by atoms with Crippen LogP contribution in [0, 0.1) is 6.07 Å². The maximum atomic E-state index is 11.3. The van der Waals surface area contributed by atoms with E-state index in [1.165, 1.54) is 12.1 Å². The molecule has 0 aliphatic heterocycles. The van der Waals surface area contributed by atoms with E-state index in [0.717, 1.165) is 44.6 Å². The van der Waals surface area contributed by atoms with Gasteiger partial charge >= 0.3 is 0 Å². The van der Waals surface area contributed by atoms with Crippen molar-refractivity contribution < 1.29 is 38.5 Å². The van der Waals surface area contributed by atoms with Crippen molar-refractivity contribution >= 4 is 11.0 Å². The number of hydrogen-bond donors (Lipinski definition) is 1. The zero-order valence-corrected chi connectivity index (χ0v) is 36.2. The van der Waals surface area contributed by atoms with Crippen LogP contribution < -0.4 is 0 Å². The Kier molecular flexibility index (Phi) is 8.44. The van der Waals surface area contributed by atoms with Crippen molar-refractivity contribution in [1.82, 2.24) is 14.5 Å². The van der Waals surface area contributed by atoms with Crippen LogP contribution in [0.4, 0.5) is 0 Å². The van der Waals surface area contributed by atoms with Crippen molar-refractivity contribution in [2.75, 3.05) is 0 Å². The number of pyridine rings is 1. The van der Waals surface area contributed by atoms with Crippen LogP contribution in [-0.4, -0.2) is 19.6 Å². The van der Waals surface area contributed by atoms with E-state index in [0.29, 0.717) is 39.3 Å². The largest absolute Gasteiger partial charge is 0.507 e. The minimum atomic E-state index is -3.36. The molecule has 8 aromatic rings. The molecule has 2 aromatic heterocycles. The molecule has 0 aliphatic rings. The first-order chi connectivity index (χ1) is 31.3. The second-order valence-electron chi connectivity index (χ2n) is 17.0.